The number of aryl methyl sites for hydroxylation is 2. The number of carboxylic acids is 2. The highest BCUT2D eigenvalue weighted by Gasteiger charge is 2.39. The highest BCUT2D eigenvalue weighted by molar-refractivity contribution is 6.00. The molecule has 0 amide bonds. The van der Waals surface area contributed by atoms with E-state index in [9.17, 15) is 31.1 Å². The van der Waals surface area contributed by atoms with E-state index < -0.39 is 24.3 Å². The highest BCUT2D eigenvalue weighted by Crippen LogP contribution is 2.45. The first-order valence-corrected chi connectivity index (χ1v) is 13.3. The average Bonchev–Trinajstić information content (AvgIpc) is 3.52. The third kappa shape index (κ3) is 7.06. The Morgan fingerprint density at radius 2 is 1.70 bits per heavy atom. The van der Waals surface area contributed by atoms with Crippen LogP contribution in [0, 0.1) is 13.8 Å². The van der Waals surface area contributed by atoms with E-state index in [-0.39, 0.29) is 11.7 Å². The van der Waals surface area contributed by atoms with E-state index in [0.29, 0.717) is 12.4 Å². The van der Waals surface area contributed by atoms with Gasteiger partial charge in [0.05, 0.1) is 22.5 Å². The molecule has 18 heteroatoms. The third-order valence-corrected chi connectivity index (χ3v) is 6.87. The van der Waals surface area contributed by atoms with Crippen molar-refractivity contribution in [2.45, 2.75) is 38.7 Å². The van der Waals surface area contributed by atoms with Crippen molar-refractivity contribution in [3.8, 4) is 16.9 Å². The normalized spacial score (nSPS) is 15.9. The molecule has 6 rings (SSSR count). The van der Waals surface area contributed by atoms with Gasteiger partial charge in [-0.3, -0.25) is 9.55 Å². The second-order valence-corrected chi connectivity index (χ2v) is 9.89. The lowest BCUT2D eigenvalue weighted by Gasteiger charge is -2.27. The van der Waals surface area contributed by atoms with Crippen molar-refractivity contribution >= 4 is 28.5 Å². The zero-order chi connectivity index (χ0) is 34.0. The number of aromatic amines is 1. The van der Waals surface area contributed by atoms with Gasteiger partial charge in [0.1, 0.15) is 23.9 Å². The number of benzene rings is 1. The van der Waals surface area contributed by atoms with Crippen LogP contribution in [0.3, 0.4) is 0 Å². The molecule has 2 aliphatic rings. The van der Waals surface area contributed by atoms with E-state index >= 15 is 0 Å². The Kier molecular flexibility index (Phi) is 9.60. The number of hydrogen-bond donors (Lipinski definition) is 4. The van der Waals surface area contributed by atoms with Crippen LogP contribution in [0.1, 0.15) is 35.2 Å². The standard InChI is InChI=1S/C24H23N5O3.2C2HF3O2/c1-13-20(14(2)32-28-13)17-11-16(15-6-9-25-10-7-15)21-22-23(17)31-12-19(29(22)24(30)27-21)18-5-3-4-8-26-18;2*3-2(4,5)1(6)7/h3-6,8,11,19,25H,7,9-10,12H2,1-2H3,(H,27,30);2*(H,6,7)/t19-;;/m1../s1. The quantitative estimate of drug-likeness (QED) is 0.228. The SMILES string of the molecule is Cc1noc(C)c1-c1cc(C2=CCNCC2)c2[nH]c(=O)n3c2c1OC[C@@H]3c1ccccn1.O=C(O)C(F)(F)F.O=C(O)C(F)(F)F. The number of nitrogens with zero attached hydrogens (tertiary/aromatic N) is 3. The molecule has 1 aromatic carbocycles. The Morgan fingerprint density at radius 1 is 1.04 bits per heavy atom. The van der Waals surface area contributed by atoms with Gasteiger partial charge < -0.3 is 29.8 Å². The molecular weight excluding hydrogens is 632 g/mol. The Bertz CT molecular complexity index is 1800. The molecule has 0 unspecified atom stereocenters. The summed E-state index contributed by atoms with van der Waals surface area (Å²) in [7, 11) is 0. The van der Waals surface area contributed by atoms with Gasteiger partial charge >= 0.3 is 30.0 Å². The second kappa shape index (κ2) is 13.1. The number of imidazole rings is 1. The first kappa shape index (κ1) is 33.8. The Balaban J connectivity index is 0.000000289. The van der Waals surface area contributed by atoms with Crippen LogP contribution in [0.4, 0.5) is 26.3 Å². The van der Waals surface area contributed by atoms with Gasteiger partial charge in [0.15, 0.2) is 5.75 Å². The van der Waals surface area contributed by atoms with Gasteiger partial charge in [-0.05, 0) is 50.6 Å². The average molecular weight is 658 g/mol. The maximum absolute atomic E-state index is 13.3. The fraction of sp³-hybridized carbons (Fsp3) is 0.321. The van der Waals surface area contributed by atoms with Gasteiger partial charge in [0, 0.05) is 23.9 Å². The van der Waals surface area contributed by atoms with Crippen LogP contribution in [0.25, 0.3) is 27.7 Å². The lowest BCUT2D eigenvalue weighted by Crippen LogP contribution is -2.31. The molecule has 0 spiro atoms. The number of carboxylic acid groups (broad SMARTS) is 2. The molecule has 0 radical (unpaired) electrons. The smallest absolute Gasteiger partial charge is 0.488 e. The maximum Gasteiger partial charge on any atom is 0.490 e. The van der Waals surface area contributed by atoms with E-state index in [1.165, 1.54) is 5.57 Å². The van der Waals surface area contributed by atoms with Crippen molar-refractivity contribution in [3.05, 3.63) is 69.7 Å². The molecule has 0 fully saturated rings. The molecule has 5 heterocycles. The Hall–Kier alpha value is -5.13. The number of ether oxygens (including phenoxy) is 1. The van der Waals surface area contributed by atoms with Crippen molar-refractivity contribution in [1.29, 1.82) is 0 Å². The van der Waals surface area contributed by atoms with Crippen LogP contribution in [-0.2, 0) is 9.59 Å². The van der Waals surface area contributed by atoms with Crippen molar-refractivity contribution in [1.82, 2.24) is 25.0 Å². The molecule has 4 aromatic rings. The van der Waals surface area contributed by atoms with Crippen LogP contribution in [0.15, 0.2) is 45.9 Å². The second-order valence-electron chi connectivity index (χ2n) is 9.89. The zero-order valence-electron chi connectivity index (χ0n) is 23.9. The number of carbonyl (C=O) groups is 2. The van der Waals surface area contributed by atoms with E-state index in [1.807, 2.05) is 32.0 Å². The molecular formula is C28H25F6N5O7. The summed E-state index contributed by atoms with van der Waals surface area (Å²) in [6, 6.07) is 7.54. The van der Waals surface area contributed by atoms with Gasteiger partial charge in [-0.15, -0.1) is 0 Å². The van der Waals surface area contributed by atoms with Crippen LogP contribution < -0.4 is 15.7 Å². The molecule has 0 bridgehead atoms. The molecule has 2 aliphatic heterocycles. The predicted molar refractivity (Wildman–Crippen MR) is 148 cm³/mol. The number of pyridine rings is 1. The fourth-order valence-electron chi connectivity index (χ4n) is 4.92. The van der Waals surface area contributed by atoms with Gasteiger partial charge in [0.25, 0.3) is 0 Å². The van der Waals surface area contributed by atoms with E-state index in [1.54, 1.807) is 10.8 Å². The third-order valence-electron chi connectivity index (χ3n) is 6.87. The predicted octanol–water partition coefficient (Wildman–Crippen LogP) is 4.62. The minimum atomic E-state index is -5.08. The maximum atomic E-state index is 13.3. The van der Waals surface area contributed by atoms with Crippen molar-refractivity contribution in [3.63, 3.8) is 0 Å². The number of nitrogens with one attached hydrogen (secondary N) is 2. The molecule has 0 saturated carbocycles. The van der Waals surface area contributed by atoms with Gasteiger partial charge in [-0.2, -0.15) is 26.3 Å². The fourth-order valence-corrected chi connectivity index (χ4v) is 4.92. The number of aromatic nitrogens is 4. The summed E-state index contributed by atoms with van der Waals surface area (Å²) in [6.07, 6.45) is -5.36. The molecule has 246 valence electrons. The van der Waals surface area contributed by atoms with Crippen molar-refractivity contribution in [2.75, 3.05) is 19.7 Å². The highest BCUT2D eigenvalue weighted by atomic mass is 19.4. The van der Waals surface area contributed by atoms with E-state index in [0.717, 1.165) is 64.4 Å². The van der Waals surface area contributed by atoms with Crippen LogP contribution in [0.2, 0.25) is 0 Å². The van der Waals surface area contributed by atoms with Crippen LogP contribution in [-0.4, -0.2) is 73.9 Å². The summed E-state index contributed by atoms with van der Waals surface area (Å²) in [5.41, 5.74) is 7.03. The summed E-state index contributed by atoms with van der Waals surface area (Å²) < 4.78 is 77.1. The minimum absolute atomic E-state index is 0.160. The van der Waals surface area contributed by atoms with Crippen LogP contribution in [0.5, 0.6) is 5.75 Å². The van der Waals surface area contributed by atoms with E-state index in [4.69, 9.17) is 29.1 Å². The number of rotatable bonds is 3. The topological polar surface area (TPSA) is 173 Å². The Labute approximate surface area is 254 Å². The van der Waals surface area contributed by atoms with Gasteiger partial charge in [0.2, 0.25) is 0 Å². The lowest BCUT2D eigenvalue weighted by molar-refractivity contribution is -0.193. The molecule has 0 saturated heterocycles. The first-order valence-electron chi connectivity index (χ1n) is 13.3. The van der Waals surface area contributed by atoms with Crippen LogP contribution >= 0.6 is 0 Å². The number of halogens is 6. The summed E-state index contributed by atoms with van der Waals surface area (Å²) in [5.74, 6) is -4.11. The van der Waals surface area contributed by atoms with Gasteiger partial charge in [-0.25, -0.2) is 14.4 Å². The number of hydrogen-bond acceptors (Lipinski definition) is 8. The largest absolute Gasteiger partial charge is 0.490 e. The molecule has 1 atom stereocenters. The number of aliphatic carboxylic acids is 2. The molecule has 46 heavy (non-hydrogen) atoms. The van der Waals surface area contributed by atoms with Gasteiger partial charge in [-0.1, -0.05) is 17.3 Å². The number of alkyl halides is 6. The summed E-state index contributed by atoms with van der Waals surface area (Å²) in [6.45, 7) is 5.85. The molecule has 12 nitrogen and oxygen atoms in total. The van der Waals surface area contributed by atoms with E-state index in [2.05, 4.69) is 32.6 Å². The van der Waals surface area contributed by atoms with Crippen molar-refractivity contribution < 1.29 is 55.4 Å². The summed E-state index contributed by atoms with van der Waals surface area (Å²) >= 11 is 0. The number of H-pyrrole nitrogens is 1. The molecule has 3 aromatic heterocycles. The van der Waals surface area contributed by atoms with Crippen molar-refractivity contribution in [2.24, 2.45) is 0 Å². The molecule has 0 aliphatic carbocycles. The molecule has 4 N–H and O–H groups in total. The lowest BCUT2D eigenvalue weighted by atomic mass is 9.92. The Morgan fingerprint density at radius 3 is 2.20 bits per heavy atom. The first-order chi connectivity index (χ1) is 21.5. The summed E-state index contributed by atoms with van der Waals surface area (Å²) in [5, 5.41) is 21.8. The monoisotopic (exact) mass is 657 g/mol. The minimum Gasteiger partial charge on any atom is -0.488 e. The zero-order valence-corrected chi connectivity index (χ0v) is 23.9. The summed E-state index contributed by atoms with van der Waals surface area (Å²) in [4.78, 5) is 38.7.